The summed E-state index contributed by atoms with van der Waals surface area (Å²) in [6, 6.07) is 19.2. The van der Waals surface area contributed by atoms with Crippen LogP contribution in [0, 0.1) is 13.8 Å². The topological polar surface area (TPSA) is 65.1 Å². The third kappa shape index (κ3) is 5.00. The van der Waals surface area contributed by atoms with Crippen LogP contribution in [0.4, 0.5) is 5.69 Å². The zero-order valence-corrected chi connectivity index (χ0v) is 19.1. The first-order valence-electron chi connectivity index (χ1n) is 11.0. The molecule has 1 amide bonds. The van der Waals surface area contributed by atoms with E-state index in [2.05, 4.69) is 0 Å². The minimum atomic E-state index is -0.392. The van der Waals surface area contributed by atoms with Crippen molar-refractivity contribution in [3.63, 3.8) is 0 Å². The van der Waals surface area contributed by atoms with Crippen LogP contribution in [0.25, 0.3) is 0 Å². The summed E-state index contributed by atoms with van der Waals surface area (Å²) in [5.41, 5.74) is 5.47. The van der Waals surface area contributed by atoms with Gasteiger partial charge < -0.3 is 19.1 Å². The molecule has 0 unspecified atom stereocenters. The van der Waals surface area contributed by atoms with Crippen LogP contribution in [0.15, 0.2) is 60.7 Å². The zero-order valence-electron chi connectivity index (χ0n) is 19.1. The number of anilines is 1. The van der Waals surface area contributed by atoms with E-state index in [1.807, 2.05) is 74.5 Å². The Morgan fingerprint density at radius 3 is 2.48 bits per heavy atom. The molecule has 0 N–H and O–H groups in total. The molecule has 0 aliphatic carbocycles. The van der Waals surface area contributed by atoms with Crippen molar-refractivity contribution in [2.24, 2.45) is 0 Å². The minimum absolute atomic E-state index is 0.0155. The number of hydrogen-bond acceptors (Lipinski definition) is 5. The molecule has 3 aromatic carbocycles. The molecule has 0 saturated heterocycles. The van der Waals surface area contributed by atoms with Crippen LogP contribution >= 0.6 is 0 Å². The van der Waals surface area contributed by atoms with Crippen LogP contribution < -0.4 is 14.4 Å². The van der Waals surface area contributed by atoms with E-state index in [0.29, 0.717) is 36.8 Å². The molecular formula is C27H27NO5. The summed E-state index contributed by atoms with van der Waals surface area (Å²) in [6.45, 7) is 6.75. The third-order valence-corrected chi connectivity index (χ3v) is 5.56. The van der Waals surface area contributed by atoms with Gasteiger partial charge in [0.15, 0.2) is 6.61 Å². The number of amides is 1. The quantitative estimate of drug-likeness (QED) is 0.457. The SMILES string of the molecule is CCOC(=O)COc1ccc(COc2cccc3c2CN(c2ccc(C)cc2)C3=O)cc1C. The van der Waals surface area contributed by atoms with Crippen LogP contribution in [0.1, 0.15) is 39.5 Å². The van der Waals surface area contributed by atoms with E-state index in [-0.39, 0.29) is 12.5 Å². The number of esters is 1. The van der Waals surface area contributed by atoms with Gasteiger partial charge in [0, 0.05) is 16.8 Å². The summed E-state index contributed by atoms with van der Waals surface area (Å²) < 4.78 is 16.6. The maximum Gasteiger partial charge on any atom is 0.344 e. The van der Waals surface area contributed by atoms with Gasteiger partial charge in [-0.05, 0) is 68.3 Å². The van der Waals surface area contributed by atoms with Crippen molar-refractivity contribution in [1.29, 1.82) is 0 Å². The van der Waals surface area contributed by atoms with Gasteiger partial charge in [-0.25, -0.2) is 4.79 Å². The number of fused-ring (bicyclic) bond motifs is 1. The van der Waals surface area contributed by atoms with E-state index in [1.165, 1.54) is 0 Å². The maximum atomic E-state index is 13.0. The fourth-order valence-corrected chi connectivity index (χ4v) is 3.84. The number of carbonyl (C=O) groups excluding carboxylic acids is 2. The highest BCUT2D eigenvalue weighted by atomic mass is 16.6. The second kappa shape index (κ2) is 9.77. The zero-order chi connectivity index (χ0) is 23.4. The van der Waals surface area contributed by atoms with Crippen LogP contribution in [0.3, 0.4) is 0 Å². The van der Waals surface area contributed by atoms with Gasteiger partial charge in [-0.15, -0.1) is 0 Å². The Labute approximate surface area is 193 Å². The fraction of sp³-hybridized carbons (Fsp3) is 0.259. The molecule has 33 heavy (non-hydrogen) atoms. The molecule has 0 bridgehead atoms. The first kappa shape index (κ1) is 22.4. The van der Waals surface area contributed by atoms with Crippen LogP contribution in [0.2, 0.25) is 0 Å². The molecule has 170 valence electrons. The molecule has 6 heteroatoms. The van der Waals surface area contributed by atoms with Gasteiger partial charge in [0.05, 0.1) is 13.2 Å². The summed E-state index contributed by atoms with van der Waals surface area (Å²) in [5, 5.41) is 0. The van der Waals surface area contributed by atoms with E-state index in [4.69, 9.17) is 14.2 Å². The maximum absolute atomic E-state index is 13.0. The van der Waals surface area contributed by atoms with Gasteiger partial charge in [-0.2, -0.15) is 0 Å². The van der Waals surface area contributed by atoms with E-state index in [1.54, 1.807) is 11.8 Å². The largest absolute Gasteiger partial charge is 0.489 e. The molecule has 0 aromatic heterocycles. The number of hydrogen-bond donors (Lipinski definition) is 0. The number of rotatable bonds is 8. The van der Waals surface area contributed by atoms with Gasteiger partial charge in [-0.1, -0.05) is 29.8 Å². The predicted molar refractivity (Wildman–Crippen MR) is 126 cm³/mol. The lowest BCUT2D eigenvalue weighted by Gasteiger charge is -2.16. The standard InChI is InChI=1S/C27H27NO5/c1-4-31-26(29)17-33-24-13-10-20(14-19(24)3)16-32-25-7-5-6-22-23(25)15-28(27(22)30)21-11-8-18(2)9-12-21/h5-14H,4,15-17H2,1-3H3. The van der Waals surface area contributed by atoms with Gasteiger partial charge >= 0.3 is 5.97 Å². The molecule has 1 aliphatic heterocycles. The number of carbonyl (C=O) groups is 2. The van der Waals surface area contributed by atoms with Crippen molar-refractivity contribution < 1.29 is 23.8 Å². The van der Waals surface area contributed by atoms with Crippen molar-refractivity contribution in [2.45, 2.75) is 33.9 Å². The van der Waals surface area contributed by atoms with Crippen LogP contribution in [0.5, 0.6) is 11.5 Å². The molecule has 4 rings (SSSR count). The molecule has 1 aliphatic rings. The van der Waals surface area contributed by atoms with Crippen molar-refractivity contribution in [3.05, 3.63) is 88.5 Å². The predicted octanol–water partition coefficient (Wildman–Crippen LogP) is 4.98. The van der Waals surface area contributed by atoms with Crippen molar-refractivity contribution in [3.8, 4) is 11.5 Å². The Balaban J connectivity index is 1.43. The van der Waals surface area contributed by atoms with Crippen LogP contribution in [-0.4, -0.2) is 25.1 Å². The highest BCUT2D eigenvalue weighted by molar-refractivity contribution is 6.10. The van der Waals surface area contributed by atoms with Gasteiger partial charge in [0.1, 0.15) is 18.1 Å². The Bertz CT molecular complexity index is 1170. The lowest BCUT2D eigenvalue weighted by Crippen LogP contribution is -2.22. The summed E-state index contributed by atoms with van der Waals surface area (Å²) >= 11 is 0. The van der Waals surface area contributed by atoms with Gasteiger partial charge in [0.2, 0.25) is 0 Å². The Kier molecular flexibility index (Phi) is 6.63. The number of nitrogens with zero attached hydrogens (tertiary/aromatic N) is 1. The molecule has 0 fully saturated rings. The molecule has 1 heterocycles. The lowest BCUT2D eigenvalue weighted by atomic mass is 10.1. The molecule has 3 aromatic rings. The summed E-state index contributed by atoms with van der Waals surface area (Å²) in [4.78, 5) is 26.2. The molecule has 0 atom stereocenters. The van der Waals surface area contributed by atoms with E-state index < -0.39 is 5.97 Å². The molecule has 0 saturated carbocycles. The van der Waals surface area contributed by atoms with Crippen molar-refractivity contribution >= 4 is 17.6 Å². The lowest BCUT2D eigenvalue weighted by molar-refractivity contribution is -0.145. The first-order chi connectivity index (χ1) is 16.0. The normalized spacial score (nSPS) is 12.5. The summed E-state index contributed by atoms with van der Waals surface area (Å²) in [6.07, 6.45) is 0. The van der Waals surface area contributed by atoms with Crippen molar-refractivity contribution in [2.75, 3.05) is 18.1 Å². The number of ether oxygens (including phenoxy) is 3. The summed E-state index contributed by atoms with van der Waals surface area (Å²) in [7, 11) is 0. The smallest absolute Gasteiger partial charge is 0.344 e. The highest BCUT2D eigenvalue weighted by Gasteiger charge is 2.30. The minimum Gasteiger partial charge on any atom is -0.489 e. The second-order valence-electron chi connectivity index (χ2n) is 7.99. The Hall–Kier alpha value is -3.80. The number of benzene rings is 3. The van der Waals surface area contributed by atoms with E-state index in [0.717, 1.165) is 27.9 Å². The molecular weight excluding hydrogens is 418 g/mol. The molecule has 0 radical (unpaired) electrons. The van der Waals surface area contributed by atoms with Gasteiger partial charge in [0.25, 0.3) is 5.91 Å². The average molecular weight is 446 g/mol. The fourth-order valence-electron chi connectivity index (χ4n) is 3.84. The monoisotopic (exact) mass is 445 g/mol. The van der Waals surface area contributed by atoms with E-state index >= 15 is 0 Å². The molecule has 6 nitrogen and oxygen atoms in total. The van der Waals surface area contributed by atoms with Crippen molar-refractivity contribution in [1.82, 2.24) is 0 Å². The molecule has 0 spiro atoms. The van der Waals surface area contributed by atoms with Crippen LogP contribution in [-0.2, 0) is 22.7 Å². The first-order valence-corrected chi connectivity index (χ1v) is 11.0. The van der Waals surface area contributed by atoms with Gasteiger partial charge in [-0.3, -0.25) is 4.79 Å². The summed E-state index contributed by atoms with van der Waals surface area (Å²) in [5.74, 6) is 0.928. The Morgan fingerprint density at radius 2 is 1.76 bits per heavy atom. The average Bonchev–Trinajstić information content (AvgIpc) is 3.15. The highest BCUT2D eigenvalue weighted by Crippen LogP contribution is 2.34. The number of aryl methyl sites for hydroxylation is 2. The van der Waals surface area contributed by atoms with E-state index in [9.17, 15) is 9.59 Å². The second-order valence-corrected chi connectivity index (χ2v) is 7.99. The Morgan fingerprint density at radius 1 is 0.970 bits per heavy atom. The third-order valence-electron chi connectivity index (χ3n) is 5.56.